The van der Waals surface area contributed by atoms with Crippen LogP contribution in [0.4, 0.5) is 9.59 Å². The van der Waals surface area contributed by atoms with Crippen LogP contribution in [0.15, 0.2) is 30.3 Å². The van der Waals surface area contributed by atoms with Gasteiger partial charge in [0.2, 0.25) is 0 Å². The van der Waals surface area contributed by atoms with Crippen molar-refractivity contribution in [3.05, 3.63) is 30.3 Å². The minimum atomic E-state index is -0.560. The van der Waals surface area contributed by atoms with Gasteiger partial charge in [-0.2, -0.15) is 0 Å². The molecule has 2 rings (SSSR count). The predicted octanol–water partition coefficient (Wildman–Crippen LogP) is 2.00. The Morgan fingerprint density at radius 2 is 2.15 bits per heavy atom. The van der Waals surface area contributed by atoms with E-state index in [-0.39, 0.29) is 24.8 Å². The van der Waals surface area contributed by atoms with Crippen molar-refractivity contribution >= 4 is 12.2 Å². The third-order valence-electron chi connectivity index (χ3n) is 2.95. The average molecular weight is 278 g/mol. The normalized spacial score (nSPS) is 18.1. The molecule has 108 valence electrons. The van der Waals surface area contributed by atoms with Crippen LogP contribution in [0.5, 0.6) is 5.75 Å². The molecule has 0 aromatic heterocycles. The topological polar surface area (TPSA) is 67.9 Å². The van der Waals surface area contributed by atoms with Gasteiger partial charge in [-0.15, -0.1) is 0 Å². The molecule has 1 saturated heterocycles. The fourth-order valence-electron chi connectivity index (χ4n) is 1.90. The second-order valence-electron chi connectivity index (χ2n) is 4.84. The summed E-state index contributed by atoms with van der Waals surface area (Å²) in [4.78, 5) is 24.7. The van der Waals surface area contributed by atoms with Gasteiger partial charge in [0.05, 0.1) is 13.1 Å². The van der Waals surface area contributed by atoms with E-state index in [0.29, 0.717) is 12.3 Å². The molecule has 1 atom stereocenters. The molecule has 1 fully saturated rings. The molecule has 1 N–H and O–H groups in total. The fraction of sp³-hybridized carbons (Fsp3) is 0.429. The van der Waals surface area contributed by atoms with Crippen LogP contribution >= 0.6 is 0 Å². The minimum Gasteiger partial charge on any atom is -0.442 e. The van der Waals surface area contributed by atoms with Gasteiger partial charge in [-0.1, -0.05) is 18.2 Å². The van der Waals surface area contributed by atoms with Crippen molar-refractivity contribution in [2.24, 2.45) is 0 Å². The number of ether oxygens (including phenoxy) is 2. The van der Waals surface area contributed by atoms with Gasteiger partial charge in [0.1, 0.15) is 11.9 Å². The number of amides is 2. The maximum atomic E-state index is 11.6. The second kappa shape index (κ2) is 6.27. The van der Waals surface area contributed by atoms with Crippen LogP contribution in [-0.2, 0) is 4.74 Å². The Morgan fingerprint density at radius 3 is 2.75 bits per heavy atom. The van der Waals surface area contributed by atoms with Crippen LogP contribution < -0.4 is 10.1 Å². The molecular formula is C14H18N2O4. The number of carbonyl (C=O) groups excluding carboxylic acids is 2. The van der Waals surface area contributed by atoms with Crippen molar-refractivity contribution in [2.45, 2.75) is 26.0 Å². The number of cyclic esters (lactones) is 1. The number of hydrogen-bond donors (Lipinski definition) is 1. The SMILES string of the molecule is CC(C)N1CC(CNC(=O)Oc2ccccc2)OC1=O. The van der Waals surface area contributed by atoms with E-state index in [1.807, 2.05) is 19.9 Å². The van der Waals surface area contributed by atoms with E-state index in [1.54, 1.807) is 29.2 Å². The standard InChI is InChI=1S/C14H18N2O4/c1-10(2)16-9-12(20-14(16)18)8-15-13(17)19-11-6-4-3-5-7-11/h3-7,10,12H,8-9H2,1-2H3,(H,15,17). The molecule has 1 aromatic rings. The average Bonchev–Trinajstić information content (AvgIpc) is 2.79. The summed E-state index contributed by atoms with van der Waals surface area (Å²) in [7, 11) is 0. The molecule has 6 nitrogen and oxygen atoms in total. The summed E-state index contributed by atoms with van der Waals surface area (Å²) in [6, 6.07) is 8.86. The summed E-state index contributed by atoms with van der Waals surface area (Å²) in [6.07, 6.45) is -1.24. The lowest BCUT2D eigenvalue weighted by atomic mass is 10.3. The number of benzene rings is 1. The van der Waals surface area contributed by atoms with Crippen molar-refractivity contribution in [3.8, 4) is 5.75 Å². The Hall–Kier alpha value is -2.24. The third kappa shape index (κ3) is 3.63. The number of hydrogen-bond acceptors (Lipinski definition) is 4. The summed E-state index contributed by atoms with van der Waals surface area (Å²) in [6.45, 7) is 4.55. The third-order valence-corrected chi connectivity index (χ3v) is 2.95. The Labute approximate surface area is 117 Å². The number of carbonyl (C=O) groups is 2. The first kappa shape index (κ1) is 14.2. The van der Waals surface area contributed by atoms with Gasteiger partial charge in [0, 0.05) is 6.04 Å². The smallest absolute Gasteiger partial charge is 0.412 e. The minimum absolute atomic E-state index is 0.0868. The largest absolute Gasteiger partial charge is 0.442 e. The number of nitrogens with one attached hydrogen (secondary N) is 1. The molecule has 1 aliphatic rings. The van der Waals surface area contributed by atoms with Gasteiger partial charge in [0.15, 0.2) is 0 Å². The maximum absolute atomic E-state index is 11.6. The molecule has 1 unspecified atom stereocenters. The monoisotopic (exact) mass is 278 g/mol. The van der Waals surface area contributed by atoms with Gasteiger partial charge in [-0.05, 0) is 26.0 Å². The molecule has 6 heteroatoms. The van der Waals surface area contributed by atoms with Gasteiger partial charge in [0.25, 0.3) is 0 Å². The molecule has 0 bridgehead atoms. The van der Waals surface area contributed by atoms with Gasteiger partial charge < -0.3 is 19.7 Å². The highest BCUT2D eigenvalue weighted by Gasteiger charge is 2.32. The fourth-order valence-corrected chi connectivity index (χ4v) is 1.90. The van der Waals surface area contributed by atoms with Crippen molar-refractivity contribution < 1.29 is 19.1 Å². The Morgan fingerprint density at radius 1 is 1.45 bits per heavy atom. The second-order valence-corrected chi connectivity index (χ2v) is 4.84. The summed E-state index contributed by atoms with van der Waals surface area (Å²) in [5.74, 6) is 0.470. The Kier molecular flexibility index (Phi) is 4.45. The molecule has 0 radical (unpaired) electrons. The van der Waals surface area contributed by atoms with Crippen LogP contribution in [0.25, 0.3) is 0 Å². The number of para-hydroxylation sites is 1. The molecule has 1 aromatic carbocycles. The van der Waals surface area contributed by atoms with E-state index in [0.717, 1.165) is 0 Å². The van der Waals surface area contributed by atoms with Crippen LogP contribution in [0.3, 0.4) is 0 Å². The molecular weight excluding hydrogens is 260 g/mol. The molecule has 0 spiro atoms. The van der Waals surface area contributed by atoms with Gasteiger partial charge >= 0.3 is 12.2 Å². The van der Waals surface area contributed by atoms with Crippen LogP contribution in [0, 0.1) is 0 Å². The summed E-state index contributed by atoms with van der Waals surface area (Å²) < 4.78 is 10.2. The zero-order chi connectivity index (χ0) is 14.5. The van der Waals surface area contributed by atoms with Crippen molar-refractivity contribution in [3.63, 3.8) is 0 Å². The van der Waals surface area contributed by atoms with Crippen LogP contribution in [0.2, 0.25) is 0 Å². The maximum Gasteiger partial charge on any atom is 0.412 e. The van der Waals surface area contributed by atoms with Gasteiger partial charge in [-0.25, -0.2) is 9.59 Å². The predicted molar refractivity (Wildman–Crippen MR) is 72.6 cm³/mol. The van der Waals surface area contributed by atoms with E-state index in [2.05, 4.69) is 5.32 Å². The van der Waals surface area contributed by atoms with Crippen molar-refractivity contribution in [1.82, 2.24) is 10.2 Å². The van der Waals surface area contributed by atoms with Gasteiger partial charge in [-0.3, -0.25) is 0 Å². The molecule has 1 heterocycles. The number of nitrogens with zero attached hydrogens (tertiary/aromatic N) is 1. The Bertz CT molecular complexity index is 475. The van der Waals surface area contributed by atoms with E-state index < -0.39 is 6.09 Å². The zero-order valence-electron chi connectivity index (χ0n) is 11.5. The molecule has 0 saturated carbocycles. The first-order chi connectivity index (χ1) is 9.56. The summed E-state index contributed by atoms with van der Waals surface area (Å²) in [5.41, 5.74) is 0. The van der Waals surface area contributed by atoms with E-state index in [1.165, 1.54) is 0 Å². The molecule has 20 heavy (non-hydrogen) atoms. The molecule has 1 aliphatic heterocycles. The zero-order valence-corrected chi connectivity index (χ0v) is 11.5. The quantitative estimate of drug-likeness (QED) is 0.914. The van der Waals surface area contributed by atoms with E-state index in [4.69, 9.17) is 9.47 Å². The summed E-state index contributed by atoms with van der Waals surface area (Å²) >= 11 is 0. The molecule has 0 aliphatic carbocycles. The highest BCUT2D eigenvalue weighted by molar-refractivity contribution is 5.72. The summed E-state index contributed by atoms with van der Waals surface area (Å²) in [5, 5.41) is 2.59. The first-order valence-electron chi connectivity index (χ1n) is 6.54. The van der Waals surface area contributed by atoms with Crippen molar-refractivity contribution in [2.75, 3.05) is 13.1 Å². The number of rotatable bonds is 4. The van der Waals surface area contributed by atoms with E-state index in [9.17, 15) is 9.59 Å². The lowest BCUT2D eigenvalue weighted by Gasteiger charge is -2.16. The highest BCUT2D eigenvalue weighted by atomic mass is 16.6. The lowest BCUT2D eigenvalue weighted by molar-refractivity contribution is 0.127. The van der Waals surface area contributed by atoms with E-state index >= 15 is 0 Å². The molecule has 2 amide bonds. The van der Waals surface area contributed by atoms with Crippen LogP contribution in [-0.4, -0.2) is 42.3 Å². The lowest BCUT2D eigenvalue weighted by Crippen LogP contribution is -2.37. The van der Waals surface area contributed by atoms with Crippen LogP contribution in [0.1, 0.15) is 13.8 Å². The first-order valence-corrected chi connectivity index (χ1v) is 6.54. The highest BCUT2D eigenvalue weighted by Crippen LogP contribution is 2.14. The Balaban J connectivity index is 1.76. The van der Waals surface area contributed by atoms with Crippen molar-refractivity contribution in [1.29, 1.82) is 0 Å².